The average molecular weight is 853 g/mol. The van der Waals surface area contributed by atoms with Crippen LogP contribution in [0.3, 0.4) is 0 Å². The molecule has 61 heavy (non-hydrogen) atoms. The van der Waals surface area contributed by atoms with Crippen LogP contribution in [0.25, 0.3) is 10.9 Å². The lowest BCUT2D eigenvalue weighted by molar-refractivity contribution is -0.136. The second-order valence-corrected chi connectivity index (χ2v) is 16.4. The maximum absolute atomic E-state index is 13.5. The number of imide groups is 2. The Morgan fingerprint density at radius 3 is 2.31 bits per heavy atom. The van der Waals surface area contributed by atoms with Crippen LogP contribution in [0.4, 0.5) is 23.1 Å². The van der Waals surface area contributed by atoms with E-state index in [-0.39, 0.29) is 42.2 Å². The van der Waals surface area contributed by atoms with Crippen molar-refractivity contribution < 1.29 is 28.7 Å². The molecular formula is C43H49ClN10O7. The van der Waals surface area contributed by atoms with E-state index in [1.165, 1.54) is 11.6 Å². The first-order valence-electron chi connectivity index (χ1n) is 20.8. The molecule has 18 heteroatoms. The molecule has 1 unspecified atom stereocenters. The number of ether oxygens (including phenoxy) is 1. The van der Waals surface area contributed by atoms with Crippen molar-refractivity contribution in [3.63, 3.8) is 0 Å². The molecule has 3 saturated heterocycles. The van der Waals surface area contributed by atoms with Gasteiger partial charge in [-0.15, -0.1) is 0 Å². The van der Waals surface area contributed by atoms with Gasteiger partial charge < -0.3 is 29.7 Å². The van der Waals surface area contributed by atoms with Crippen molar-refractivity contribution in [2.45, 2.75) is 70.0 Å². The van der Waals surface area contributed by atoms with E-state index in [2.05, 4.69) is 42.6 Å². The molecule has 0 bridgehead atoms. The zero-order valence-electron chi connectivity index (χ0n) is 34.4. The van der Waals surface area contributed by atoms with Gasteiger partial charge in [-0.1, -0.05) is 18.5 Å². The summed E-state index contributed by atoms with van der Waals surface area (Å²) < 4.78 is 7.00. The minimum Gasteiger partial charge on any atom is -0.478 e. The van der Waals surface area contributed by atoms with Crippen LogP contribution >= 0.6 is 11.6 Å². The molecule has 0 spiro atoms. The third-order valence-corrected chi connectivity index (χ3v) is 12.5. The van der Waals surface area contributed by atoms with Crippen LogP contribution in [-0.2, 0) is 21.4 Å². The fraction of sp³-hybridized carbons (Fsp3) is 0.442. The Morgan fingerprint density at radius 1 is 0.918 bits per heavy atom. The van der Waals surface area contributed by atoms with Crippen LogP contribution in [0.15, 0.2) is 53.5 Å². The molecule has 2 aromatic heterocycles. The van der Waals surface area contributed by atoms with Crippen LogP contribution in [0.1, 0.15) is 72.6 Å². The standard InChI is InChI=1S/C43H49ClN10O7/c1-4-15-53(27-11-16-51(17-12-27)29-6-7-30-31(22-29)41(59)54(40(30)58)34-9-10-36(55)48-39(34)57)28-13-18-52(19-14-28)43-46-23-32(44)38(49-43)47-26-5-8-33-25(20-26)21-35(42(60)50(33)3)61-24-37(56)45-2/h5-8,20-23,27-28,34H,4,9-19,24H2,1-3H3,(H,45,56)(H,46,47,49)(H,48,55,57). The zero-order chi connectivity index (χ0) is 42.9. The summed E-state index contributed by atoms with van der Waals surface area (Å²) >= 11 is 6.60. The zero-order valence-corrected chi connectivity index (χ0v) is 35.2. The first kappa shape index (κ1) is 41.7. The second kappa shape index (κ2) is 17.5. The van der Waals surface area contributed by atoms with Gasteiger partial charge in [0.05, 0.1) is 22.8 Å². The minimum absolute atomic E-state index is 0.0700. The Balaban J connectivity index is 0.884. The molecule has 4 aromatic rings. The van der Waals surface area contributed by atoms with Gasteiger partial charge in [0.1, 0.15) is 11.1 Å². The molecule has 2 aromatic carbocycles. The lowest BCUT2D eigenvalue weighted by Gasteiger charge is -2.45. The van der Waals surface area contributed by atoms with Gasteiger partial charge in [-0.3, -0.25) is 43.9 Å². The molecule has 3 fully saturated rings. The number of hydrogen-bond donors (Lipinski definition) is 3. The minimum atomic E-state index is -0.990. The largest absolute Gasteiger partial charge is 0.478 e. The van der Waals surface area contributed by atoms with Crippen LogP contribution < -0.4 is 36.0 Å². The maximum atomic E-state index is 13.5. The monoisotopic (exact) mass is 852 g/mol. The molecule has 5 amide bonds. The molecule has 3 N–H and O–H groups in total. The predicted molar refractivity (Wildman–Crippen MR) is 230 cm³/mol. The first-order valence-corrected chi connectivity index (χ1v) is 21.2. The Kier molecular flexibility index (Phi) is 11.9. The van der Waals surface area contributed by atoms with E-state index in [4.69, 9.17) is 21.3 Å². The number of likely N-dealkylation sites (N-methyl/N-ethyl adjacent to an activating group) is 1. The number of carbonyl (C=O) groups is 5. The fourth-order valence-corrected chi connectivity index (χ4v) is 9.15. The van der Waals surface area contributed by atoms with Crippen LogP contribution in [0.2, 0.25) is 5.02 Å². The van der Waals surface area contributed by atoms with Gasteiger partial charge in [-0.05, 0) is 87.5 Å². The quantitative estimate of drug-likeness (QED) is 0.176. The molecule has 320 valence electrons. The number of amides is 5. The highest BCUT2D eigenvalue weighted by atomic mass is 35.5. The first-order chi connectivity index (χ1) is 29.4. The third-order valence-electron chi connectivity index (χ3n) is 12.2. The van der Waals surface area contributed by atoms with Crippen molar-refractivity contribution in [3.8, 4) is 5.75 Å². The number of anilines is 4. The SMILES string of the molecule is CCCN(C1CCN(c2ccc3c(c2)C(=O)N(C2CCC(=O)NC2=O)C3=O)CC1)C1CCN(c2ncc(Cl)c(Nc3ccc4c(c3)cc(OCC(=O)NC)c(=O)n4C)n2)CC1. The Hall–Kier alpha value is -6.07. The van der Waals surface area contributed by atoms with Gasteiger partial charge in [0.15, 0.2) is 18.2 Å². The molecule has 8 rings (SSSR count). The highest BCUT2D eigenvalue weighted by Gasteiger charge is 2.45. The number of rotatable bonds is 12. The van der Waals surface area contributed by atoms with Crippen molar-refractivity contribution >= 4 is 75.2 Å². The van der Waals surface area contributed by atoms with E-state index in [9.17, 15) is 28.8 Å². The lowest BCUT2D eigenvalue weighted by atomic mass is 9.95. The normalized spacial score (nSPS) is 18.8. The third kappa shape index (κ3) is 8.36. The van der Waals surface area contributed by atoms with Gasteiger partial charge in [-0.2, -0.15) is 4.98 Å². The number of pyridine rings is 1. The maximum Gasteiger partial charge on any atom is 0.293 e. The van der Waals surface area contributed by atoms with E-state index in [0.717, 1.165) is 80.8 Å². The van der Waals surface area contributed by atoms with Crippen molar-refractivity contribution in [1.29, 1.82) is 0 Å². The smallest absolute Gasteiger partial charge is 0.293 e. The molecule has 4 aliphatic heterocycles. The molecular weight excluding hydrogens is 804 g/mol. The van der Waals surface area contributed by atoms with Crippen LogP contribution in [0, 0.1) is 0 Å². The summed E-state index contributed by atoms with van der Waals surface area (Å²) in [5.41, 5.74) is 2.51. The topological polar surface area (TPSA) is 191 Å². The highest BCUT2D eigenvalue weighted by Crippen LogP contribution is 2.34. The summed E-state index contributed by atoms with van der Waals surface area (Å²) in [5, 5.41) is 9.14. The van der Waals surface area contributed by atoms with Gasteiger partial charge in [0, 0.05) is 75.5 Å². The number of aromatic nitrogens is 3. The van der Waals surface area contributed by atoms with E-state index in [1.807, 2.05) is 24.3 Å². The van der Waals surface area contributed by atoms with E-state index >= 15 is 0 Å². The lowest BCUT2D eigenvalue weighted by Crippen LogP contribution is -2.54. The van der Waals surface area contributed by atoms with Crippen molar-refractivity contribution in [2.75, 3.05) is 61.5 Å². The predicted octanol–water partition coefficient (Wildman–Crippen LogP) is 3.60. The number of nitrogens with zero attached hydrogens (tertiary/aromatic N) is 7. The summed E-state index contributed by atoms with van der Waals surface area (Å²) in [5.74, 6) is -1.24. The Morgan fingerprint density at radius 2 is 1.62 bits per heavy atom. The molecule has 0 saturated carbocycles. The van der Waals surface area contributed by atoms with Crippen LogP contribution in [-0.4, -0.2) is 118 Å². The van der Waals surface area contributed by atoms with Gasteiger partial charge in [-0.25, -0.2) is 4.98 Å². The van der Waals surface area contributed by atoms with E-state index < -0.39 is 29.7 Å². The summed E-state index contributed by atoms with van der Waals surface area (Å²) in [6.45, 7) is 6.11. The number of benzene rings is 2. The summed E-state index contributed by atoms with van der Waals surface area (Å²) in [6, 6.07) is 12.3. The van der Waals surface area contributed by atoms with Crippen molar-refractivity contribution in [1.82, 2.24) is 35.0 Å². The second-order valence-electron chi connectivity index (χ2n) is 16.0. The highest BCUT2D eigenvalue weighted by molar-refractivity contribution is 6.33. The number of carbonyl (C=O) groups excluding carboxylic acids is 5. The molecule has 6 heterocycles. The van der Waals surface area contributed by atoms with Gasteiger partial charge in [0.2, 0.25) is 17.8 Å². The number of nitrogens with one attached hydrogen (secondary N) is 3. The molecule has 0 aliphatic carbocycles. The molecule has 0 radical (unpaired) electrons. The molecule has 1 atom stereocenters. The summed E-state index contributed by atoms with van der Waals surface area (Å²) in [6.07, 6.45) is 6.66. The van der Waals surface area contributed by atoms with Crippen molar-refractivity contribution in [3.05, 3.63) is 75.2 Å². The average Bonchev–Trinajstić information content (AvgIpc) is 3.51. The van der Waals surface area contributed by atoms with Crippen molar-refractivity contribution in [2.24, 2.45) is 7.05 Å². The fourth-order valence-electron chi connectivity index (χ4n) is 9.01. The number of piperidine rings is 3. The summed E-state index contributed by atoms with van der Waals surface area (Å²) in [7, 11) is 3.16. The number of hydrogen-bond acceptors (Lipinski definition) is 13. The number of fused-ring (bicyclic) bond motifs is 2. The van der Waals surface area contributed by atoms with Gasteiger partial charge >= 0.3 is 0 Å². The number of halogens is 1. The number of aryl methyl sites for hydroxylation is 1. The van der Waals surface area contributed by atoms with E-state index in [0.29, 0.717) is 45.6 Å². The van der Waals surface area contributed by atoms with Crippen LogP contribution in [0.5, 0.6) is 5.75 Å². The van der Waals surface area contributed by atoms with E-state index in [1.54, 1.807) is 31.4 Å². The Labute approximate surface area is 357 Å². The summed E-state index contributed by atoms with van der Waals surface area (Å²) in [4.78, 5) is 93.0. The Bertz CT molecular complexity index is 2460. The molecule has 17 nitrogen and oxygen atoms in total. The molecule has 4 aliphatic rings. The van der Waals surface area contributed by atoms with Gasteiger partial charge in [0.25, 0.3) is 23.3 Å².